The Hall–Kier alpha value is -3.82. The van der Waals surface area contributed by atoms with Gasteiger partial charge in [0.15, 0.2) is 0 Å². The molecule has 2 amide bonds. The van der Waals surface area contributed by atoms with E-state index in [1.807, 2.05) is 40.7 Å². The zero-order valence-electron chi connectivity index (χ0n) is 21.1. The van der Waals surface area contributed by atoms with Gasteiger partial charge in [0.2, 0.25) is 5.91 Å². The number of nitrogens with one attached hydrogen (secondary N) is 2. The normalized spacial score (nSPS) is 12.3. The molecule has 4 rings (SSSR count). The first-order valence-corrected chi connectivity index (χ1v) is 11.7. The number of benzene rings is 2. The molecule has 0 radical (unpaired) electrons. The van der Waals surface area contributed by atoms with Crippen molar-refractivity contribution in [1.82, 2.24) is 15.1 Å². The third-order valence-electron chi connectivity index (χ3n) is 5.40. The number of hydrogen-bond acceptors (Lipinski definition) is 4. The van der Waals surface area contributed by atoms with Crippen LogP contribution in [0.15, 0.2) is 42.5 Å². The van der Waals surface area contributed by atoms with Gasteiger partial charge in [-0.05, 0) is 47.9 Å². The number of rotatable bonds is 6. The Morgan fingerprint density at radius 1 is 1.17 bits per heavy atom. The number of hydrogen-bond donors (Lipinski definition) is 3. The molecule has 7 nitrogen and oxygen atoms in total. The largest absolute Gasteiger partial charge is 0.405 e. The number of primary amides is 1. The summed E-state index contributed by atoms with van der Waals surface area (Å²) < 4.78 is 38.3. The van der Waals surface area contributed by atoms with Gasteiger partial charge in [-0.25, -0.2) is 0 Å². The maximum atomic E-state index is 13.0. The number of aryl methyl sites for hydroxylation is 1. The van der Waals surface area contributed by atoms with E-state index in [0.29, 0.717) is 11.1 Å². The van der Waals surface area contributed by atoms with E-state index in [1.165, 1.54) is 11.0 Å². The average Bonchev–Trinajstić information content (AvgIpc) is 3.38. The highest BCUT2D eigenvalue weighted by atomic mass is 19.4. The molecule has 36 heavy (non-hydrogen) atoms. The van der Waals surface area contributed by atoms with Crippen LogP contribution in [-0.2, 0) is 11.3 Å². The number of fused-ring (bicyclic) bond motifs is 2. The lowest BCUT2D eigenvalue weighted by Crippen LogP contribution is -2.30. The van der Waals surface area contributed by atoms with Crippen molar-refractivity contribution < 1.29 is 22.8 Å². The monoisotopic (exact) mass is 503 g/mol. The number of amides is 2. The summed E-state index contributed by atoms with van der Waals surface area (Å²) >= 11 is 0. The fourth-order valence-corrected chi connectivity index (χ4v) is 3.77. The molecular weight excluding hydrogens is 471 g/mol. The van der Waals surface area contributed by atoms with Crippen LogP contribution < -0.4 is 11.1 Å². The molecule has 0 saturated heterocycles. The van der Waals surface area contributed by atoms with E-state index in [2.05, 4.69) is 22.1 Å². The maximum absolute atomic E-state index is 13.0. The number of carbonyl (C=O) groups excluding carboxylic acids is 2. The minimum Gasteiger partial charge on any atom is -0.376 e. The van der Waals surface area contributed by atoms with Crippen molar-refractivity contribution in [3.63, 3.8) is 0 Å². The number of alkyl halides is 3. The van der Waals surface area contributed by atoms with Crippen LogP contribution in [0.25, 0.3) is 22.0 Å². The Balaban J connectivity index is 0.00000109. The van der Waals surface area contributed by atoms with Crippen molar-refractivity contribution in [3.8, 4) is 11.1 Å². The summed E-state index contributed by atoms with van der Waals surface area (Å²) in [6.07, 6.45) is -4.42. The number of carbonyl (C=O) groups is 2. The summed E-state index contributed by atoms with van der Waals surface area (Å²) in [6.45, 7) is 12.3. The number of aromatic amines is 1. The molecule has 0 bridgehead atoms. The number of H-pyrrole nitrogens is 1. The van der Waals surface area contributed by atoms with Crippen LogP contribution in [0.3, 0.4) is 0 Å². The van der Waals surface area contributed by atoms with Gasteiger partial charge in [-0.3, -0.25) is 14.7 Å². The highest BCUT2D eigenvalue weighted by Crippen LogP contribution is 2.37. The Kier molecular flexibility index (Phi) is 9.27. The van der Waals surface area contributed by atoms with Crippen LogP contribution in [0.4, 0.5) is 18.9 Å². The summed E-state index contributed by atoms with van der Waals surface area (Å²) in [6, 6.07) is 8.50. The SMILES string of the molecule is C=C(CN1Cc2c(cc(NCC(F)(F)F)cc2-c2ccc3n[nH]c(C)c3c2)C1=O)C(N)=O.CC.CC. The first-order chi connectivity index (χ1) is 17.0. The van der Waals surface area contributed by atoms with Gasteiger partial charge in [-0.15, -0.1) is 0 Å². The van der Waals surface area contributed by atoms with Crippen molar-refractivity contribution >= 4 is 28.4 Å². The molecule has 1 aliphatic heterocycles. The highest BCUT2D eigenvalue weighted by Gasteiger charge is 2.32. The Bertz CT molecular complexity index is 1260. The molecule has 0 fully saturated rings. The lowest BCUT2D eigenvalue weighted by atomic mass is 9.95. The van der Waals surface area contributed by atoms with Crippen LogP contribution in [0.2, 0.25) is 0 Å². The summed E-state index contributed by atoms with van der Waals surface area (Å²) in [5.74, 6) is -1.12. The zero-order chi connectivity index (χ0) is 27.2. The van der Waals surface area contributed by atoms with Crippen LogP contribution >= 0.6 is 0 Å². The molecule has 1 aliphatic rings. The molecule has 0 unspecified atom stereocenters. The molecule has 2 aromatic carbocycles. The third kappa shape index (κ3) is 6.24. The number of halogens is 3. The second-order valence-electron chi connectivity index (χ2n) is 7.73. The fourth-order valence-electron chi connectivity index (χ4n) is 3.77. The molecular formula is C26H32F3N5O2. The number of anilines is 1. The molecule has 2 heterocycles. The first-order valence-electron chi connectivity index (χ1n) is 11.7. The number of nitrogens with zero attached hydrogens (tertiary/aromatic N) is 2. The van der Waals surface area contributed by atoms with Crippen molar-refractivity contribution in [2.75, 3.05) is 18.4 Å². The molecule has 10 heteroatoms. The lowest BCUT2D eigenvalue weighted by Gasteiger charge is -2.16. The van der Waals surface area contributed by atoms with Gasteiger partial charge in [0.05, 0.1) is 12.1 Å². The summed E-state index contributed by atoms with van der Waals surface area (Å²) in [4.78, 5) is 25.8. The minimum atomic E-state index is -4.42. The van der Waals surface area contributed by atoms with E-state index >= 15 is 0 Å². The van der Waals surface area contributed by atoms with Crippen LogP contribution in [0.1, 0.15) is 49.3 Å². The number of nitrogens with two attached hydrogens (primary N) is 1. The Morgan fingerprint density at radius 2 is 1.81 bits per heavy atom. The smallest absolute Gasteiger partial charge is 0.376 e. The summed E-state index contributed by atoms with van der Waals surface area (Å²) in [5, 5.41) is 10.3. The maximum Gasteiger partial charge on any atom is 0.405 e. The van der Waals surface area contributed by atoms with E-state index in [0.717, 1.165) is 22.2 Å². The predicted molar refractivity (Wildman–Crippen MR) is 137 cm³/mol. The highest BCUT2D eigenvalue weighted by molar-refractivity contribution is 6.03. The van der Waals surface area contributed by atoms with Crippen molar-refractivity contribution in [3.05, 3.63) is 59.3 Å². The second-order valence-corrected chi connectivity index (χ2v) is 7.73. The van der Waals surface area contributed by atoms with Gasteiger partial charge < -0.3 is 16.0 Å². The van der Waals surface area contributed by atoms with Crippen molar-refractivity contribution in [1.29, 1.82) is 0 Å². The van der Waals surface area contributed by atoms with Crippen molar-refractivity contribution in [2.24, 2.45) is 5.73 Å². The average molecular weight is 504 g/mol. The zero-order valence-corrected chi connectivity index (χ0v) is 21.1. The lowest BCUT2D eigenvalue weighted by molar-refractivity contribution is -0.115. The molecule has 1 aromatic heterocycles. The number of aromatic nitrogens is 2. The molecule has 0 atom stereocenters. The standard InChI is InChI=1S/C22H20F3N5O2.2C2H6/c1-11(20(26)31)8-30-9-18-16(13-3-4-19-15(5-13)12(2)28-29-19)6-14(7-17(18)21(30)32)27-10-22(23,24)25;2*1-2/h3-7,27H,1,8-10H2,2H3,(H2,26,31)(H,28,29);2*1-2H3. The van der Waals surface area contributed by atoms with E-state index in [4.69, 9.17) is 5.73 Å². The van der Waals surface area contributed by atoms with Gasteiger partial charge >= 0.3 is 6.18 Å². The van der Waals surface area contributed by atoms with Gasteiger partial charge in [0.1, 0.15) is 6.54 Å². The first kappa shape index (κ1) is 28.4. The van der Waals surface area contributed by atoms with Crippen LogP contribution in [0.5, 0.6) is 0 Å². The Labute approximate surface area is 208 Å². The summed E-state index contributed by atoms with van der Waals surface area (Å²) in [5.41, 5.74) is 9.37. The van der Waals surface area contributed by atoms with E-state index in [1.54, 1.807) is 18.2 Å². The molecule has 194 valence electrons. The van der Waals surface area contributed by atoms with Gasteiger partial charge in [0, 0.05) is 34.4 Å². The van der Waals surface area contributed by atoms with Gasteiger partial charge in [-0.1, -0.05) is 40.3 Å². The molecule has 0 aliphatic carbocycles. The second kappa shape index (κ2) is 11.7. The van der Waals surface area contributed by atoms with Crippen LogP contribution in [0, 0.1) is 6.92 Å². The fraction of sp³-hybridized carbons (Fsp3) is 0.346. The molecule has 0 saturated carbocycles. The molecule has 3 aromatic rings. The molecule has 0 spiro atoms. The predicted octanol–water partition coefficient (Wildman–Crippen LogP) is 5.56. The van der Waals surface area contributed by atoms with Crippen molar-refractivity contribution in [2.45, 2.75) is 47.3 Å². The third-order valence-corrected chi connectivity index (χ3v) is 5.40. The van der Waals surface area contributed by atoms with Gasteiger partial charge in [-0.2, -0.15) is 18.3 Å². The van der Waals surface area contributed by atoms with E-state index in [9.17, 15) is 22.8 Å². The van der Waals surface area contributed by atoms with Crippen LogP contribution in [-0.4, -0.2) is 46.2 Å². The summed E-state index contributed by atoms with van der Waals surface area (Å²) in [7, 11) is 0. The Morgan fingerprint density at radius 3 is 2.42 bits per heavy atom. The topological polar surface area (TPSA) is 104 Å². The molecule has 4 N–H and O–H groups in total. The van der Waals surface area contributed by atoms with E-state index in [-0.39, 0.29) is 29.9 Å². The van der Waals surface area contributed by atoms with Gasteiger partial charge in [0.25, 0.3) is 5.91 Å². The minimum absolute atomic E-state index is 0.0620. The van der Waals surface area contributed by atoms with E-state index < -0.39 is 24.5 Å². The quantitative estimate of drug-likeness (QED) is 0.383.